The largest absolute Gasteiger partial charge is 0.462 e. The second-order valence-corrected chi connectivity index (χ2v) is 8.05. The van der Waals surface area contributed by atoms with E-state index in [9.17, 15) is 14.4 Å². The SMILES string of the molecule is CCCCN(C(=O)Nc1ccc(C(=O)OCC)cc1)C(CC)c1nc2ccccc2c(=O)n1C. The maximum Gasteiger partial charge on any atom is 0.338 e. The predicted molar refractivity (Wildman–Crippen MR) is 133 cm³/mol. The highest BCUT2D eigenvalue weighted by molar-refractivity contribution is 5.92. The van der Waals surface area contributed by atoms with Gasteiger partial charge in [-0.15, -0.1) is 0 Å². The van der Waals surface area contributed by atoms with Crippen LogP contribution in [0.1, 0.15) is 62.3 Å². The molecule has 1 heterocycles. The molecule has 0 saturated carbocycles. The fourth-order valence-electron chi connectivity index (χ4n) is 3.90. The van der Waals surface area contributed by atoms with Crippen LogP contribution in [0.25, 0.3) is 10.9 Å². The number of anilines is 1. The van der Waals surface area contributed by atoms with Gasteiger partial charge >= 0.3 is 12.0 Å². The first kappa shape index (κ1) is 25.0. The van der Waals surface area contributed by atoms with Crippen LogP contribution in [-0.2, 0) is 11.8 Å². The first-order valence-electron chi connectivity index (χ1n) is 11.7. The average molecular weight is 465 g/mol. The van der Waals surface area contributed by atoms with Crippen molar-refractivity contribution in [3.05, 3.63) is 70.3 Å². The number of fused-ring (bicyclic) bond motifs is 1. The van der Waals surface area contributed by atoms with Crippen molar-refractivity contribution in [2.75, 3.05) is 18.5 Å². The van der Waals surface area contributed by atoms with E-state index in [0.717, 1.165) is 12.8 Å². The van der Waals surface area contributed by atoms with Crippen molar-refractivity contribution in [3.8, 4) is 0 Å². The Bertz CT molecular complexity index is 1200. The van der Waals surface area contributed by atoms with E-state index < -0.39 is 5.97 Å². The zero-order chi connectivity index (χ0) is 24.7. The Hall–Kier alpha value is -3.68. The summed E-state index contributed by atoms with van der Waals surface area (Å²) in [5.41, 5.74) is 1.47. The molecule has 0 radical (unpaired) electrons. The van der Waals surface area contributed by atoms with Gasteiger partial charge in [-0.05, 0) is 56.2 Å². The lowest BCUT2D eigenvalue weighted by atomic mass is 10.1. The molecular formula is C26H32N4O4. The summed E-state index contributed by atoms with van der Waals surface area (Å²) in [6, 6.07) is 13.2. The minimum Gasteiger partial charge on any atom is -0.462 e. The van der Waals surface area contributed by atoms with Gasteiger partial charge in [0.2, 0.25) is 0 Å². The molecule has 0 spiro atoms. The molecule has 0 fully saturated rings. The summed E-state index contributed by atoms with van der Waals surface area (Å²) in [4.78, 5) is 44.7. The summed E-state index contributed by atoms with van der Waals surface area (Å²) in [7, 11) is 1.70. The van der Waals surface area contributed by atoms with E-state index in [1.165, 1.54) is 4.57 Å². The van der Waals surface area contributed by atoms with E-state index in [0.29, 0.717) is 47.6 Å². The van der Waals surface area contributed by atoms with Gasteiger partial charge in [0, 0.05) is 19.3 Å². The van der Waals surface area contributed by atoms with Crippen LogP contribution in [0.4, 0.5) is 10.5 Å². The topological polar surface area (TPSA) is 93.5 Å². The number of hydrogen-bond acceptors (Lipinski definition) is 5. The molecule has 2 amide bonds. The highest BCUT2D eigenvalue weighted by Crippen LogP contribution is 2.25. The Labute approximate surface area is 199 Å². The van der Waals surface area contributed by atoms with E-state index >= 15 is 0 Å². The zero-order valence-corrected chi connectivity index (χ0v) is 20.2. The molecule has 0 aliphatic carbocycles. The number of esters is 1. The first-order valence-corrected chi connectivity index (χ1v) is 11.7. The number of amides is 2. The number of rotatable bonds is 9. The third-order valence-electron chi connectivity index (χ3n) is 5.74. The minimum absolute atomic E-state index is 0.135. The average Bonchev–Trinajstić information content (AvgIpc) is 2.85. The number of hydrogen-bond donors (Lipinski definition) is 1. The van der Waals surface area contributed by atoms with Gasteiger partial charge in [0.1, 0.15) is 5.82 Å². The molecular weight excluding hydrogens is 432 g/mol. The molecule has 0 aliphatic rings. The van der Waals surface area contributed by atoms with Crippen molar-refractivity contribution < 1.29 is 14.3 Å². The van der Waals surface area contributed by atoms with Gasteiger partial charge in [0.15, 0.2) is 0 Å². The fraction of sp³-hybridized carbons (Fsp3) is 0.385. The van der Waals surface area contributed by atoms with Crippen molar-refractivity contribution in [2.24, 2.45) is 7.05 Å². The quantitative estimate of drug-likeness (QED) is 0.455. The predicted octanol–water partition coefficient (Wildman–Crippen LogP) is 4.90. The summed E-state index contributed by atoms with van der Waals surface area (Å²) in [6.45, 7) is 6.61. The number of carbonyl (C=O) groups excluding carboxylic acids is 2. The van der Waals surface area contributed by atoms with Gasteiger partial charge in [0.05, 0.1) is 29.1 Å². The van der Waals surface area contributed by atoms with E-state index in [-0.39, 0.29) is 17.6 Å². The van der Waals surface area contributed by atoms with Crippen molar-refractivity contribution in [1.82, 2.24) is 14.5 Å². The maximum atomic E-state index is 13.4. The first-order chi connectivity index (χ1) is 16.4. The Morgan fingerprint density at radius 2 is 1.79 bits per heavy atom. The monoisotopic (exact) mass is 464 g/mol. The van der Waals surface area contributed by atoms with Crippen LogP contribution in [0.3, 0.4) is 0 Å². The number of ether oxygens (including phenoxy) is 1. The normalized spacial score (nSPS) is 11.8. The molecule has 2 aromatic carbocycles. The van der Waals surface area contributed by atoms with Gasteiger partial charge in [-0.3, -0.25) is 9.36 Å². The van der Waals surface area contributed by atoms with Gasteiger partial charge < -0.3 is 15.0 Å². The third-order valence-corrected chi connectivity index (χ3v) is 5.74. The van der Waals surface area contributed by atoms with Crippen molar-refractivity contribution in [2.45, 2.75) is 46.1 Å². The number of benzene rings is 2. The lowest BCUT2D eigenvalue weighted by Crippen LogP contribution is -2.41. The molecule has 34 heavy (non-hydrogen) atoms. The molecule has 1 N–H and O–H groups in total. The molecule has 8 heteroatoms. The summed E-state index contributed by atoms with van der Waals surface area (Å²) < 4.78 is 6.55. The van der Waals surface area contributed by atoms with Crippen LogP contribution in [0, 0.1) is 0 Å². The number of unbranched alkanes of at least 4 members (excludes halogenated alkanes) is 1. The second-order valence-electron chi connectivity index (χ2n) is 8.05. The number of carbonyl (C=O) groups is 2. The molecule has 3 rings (SSSR count). The van der Waals surface area contributed by atoms with E-state index in [1.54, 1.807) is 49.2 Å². The number of nitrogens with zero attached hydrogens (tertiary/aromatic N) is 3. The molecule has 0 saturated heterocycles. The lowest BCUT2D eigenvalue weighted by molar-refractivity contribution is 0.0526. The Morgan fingerprint density at radius 3 is 2.44 bits per heavy atom. The van der Waals surface area contributed by atoms with Crippen LogP contribution in [-0.4, -0.2) is 39.6 Å². The van der Waals surface area contributed by atoms with E-state index in [2.05, 4.69) is 12.2 Å². The molecule has 1 atom stereocenters. The number of para-hydroxylation sites is 1. The molecule has 3 aromatic rings. The highest BCUT2D eigenvalue weighted by Gasteiger charge is 2.27. The Morgan fingerprint density at radius 1 is 1.09 bits per heavy atom. The highest BCUT2D eigenvalue weighted by atomic mass is 16.5. The van der Waals surface area contributed by atoms with Gasteiger partial charge in [0.25, 0.3) is 5.56 Å². The van der Waals surface area contributed by atoms with Crippen molar-refractivity contribution in [1.29, 1.82) is 0 Å². The second kappa shape index (κ2) is 11.4. The summed E-state index contributed by atoms with van der Waals surface area (Å²) >= 11 is 0. The Balaban J connectivity index is 1.91. The smallest absolute Gasteiger partial charge is 0.338 e. The summed E-state index contributed by atoms with van der Waals surface area (Å²) in [6.07, 6.45) is 2.32. The standard InChI is InChI=1S/C26H32N4O4/c1-5-8-17-30(26(33)27-19-15-13-18(14-16-19)25(32)34-7-3)22(6-2)23-28-21-12-10-9-11-20(21)24(31)29(23)4/h9-16,22H,5-8,17H2,1-4H3,(H,27,33). The van der Waals surface area contributed by atoms with Crippen LogP contribution in [0.15, 0.2) is 53.3 Å². The molecule has 180 valence electrons. The zero-order valence-electron chi connectivity index (χ0n) is 20.2. The summed E-state index contributed by atoms with van der Waals surface area (Å²) in [5.74, 6) is 0.148. The van der Waals surface area contributed by atoms with Crippen molar-refractivity contribution >= 4 is 28.6 Å². The maximum absolute atomic E-state index is 13.4. The van der Waals surface area contributed by atoms with E-state index in [1.807, 2.05) is 25.1 Å². The number of aromatic nitrogens is 2. The Kier molecular flexibility index (Phi) is 8.40. The number of nitrogens with one attached hydrogen (secondary N) is 1. The molecule has 1 aromatic heterocycles. The van der Waals surface area contributed by atoms with E-state index in [4.69, 9.17) is 9.72 Å². The lowest BCUT2D eigenvalue weighted by Gasteiger charge is -2.32. The molecule has 8 nitrogen and oxygen atoms in total. The third kappa shape index (κ3) is 5.44. The van der Waals surface area contributed by atoms with Gasteiger partial charge in [-0.1, -0.05) is 32.4 Å². The van der Waals surface area contributed by atoms with Gasteiger partial charge in [-0.2, -0.15) is 0 Å². The summed E-state index contributed by atoms with van der Waals surface area (Å²) in [5, 5.41) is 3.48. The fourth-order valence-corrected chi connectivity index (χ4v) is 3.90. The number of urea groups is 1. The van der Waals surface area contributed by atoms with Crippen LogP contribution >= 0.6 is 0 Å². The van der Waals surface area contributed by atoms with Crippen LogP contribution in [0.5, 0.6) is 0 Å². The van der Waals surface area contributed by atoms with Crippen LogP contribution in [0.2, 0.25) is 0 Å². The van der Waals surface area contributed by atoms with Crippen LogP contribution < -0.4 is 10.9 Å². The van der Waals surface area contributed by atoms with Crippen molar-refractivity contribution in [3.63, 3.8) is 0 Å². The molecule has 0 aliphatic heterocycles. The molecule has 1 unspecified atom stereocenters. The van der Waals surface area contributed by atoms with Gasteiger partial charge in [-0.25, -0.2) is 14.6 Å². The molecule has 0 bridgehead atoms. The minimum atomic E-state index is -0.403.